The van der Waals surface area contributed by atoms with E-state index in [4.69, 9.17) is 0 Å². The van der Waals surface area contributed by atoms with Crippen LogP contribution in [0.1, 0.15) is 0 Å². The van der Waals surface area contributed by atoms with Gasteiger partial charge in [0.2, 0.25) is 0 Å². The van der Waals surface area contributed by atoms with Crippen molar-refractivity contribution in [2.45, 2.75) is 4.90 Å². The van der Waals surface area contributed by atoms with E-state index in [0.29, 0.717) is 4.90 Å². The zero-order valence-corrected chi connectivity index (χ0v) is 9.49. The summed E-state index contributed by atoms with van der Waals surface area (Å²) in [5.41, 5.74) is 0.776. The van der Waals surface area contributed by atoms with Crippen LogP contribution >= 0.6 is 0 Å². The van der Waals surface area contributed by atoms with E-state index >= 15 is 0 Å². The molecule has 1 atom stereocenters. The molecule has 15 heavy (non-hydrogen) atoms. The third-order valence-electron chi connectivity index (χ3n) is 2.35. The largest absolute Gasteiger partial charge is 0.255 e. The Balaban J connectivity index is 2.90. The minimum atomic E-state index is -2.31. The van der Waals surface area contributed by atoms with Gasteiger partial charge < -0.3 is 0 Å². The first-order chi connectivity index (χ1) is 7.15. The predicted octanol–water partition coefficient (Wildman–Crippen LogP) is 2.32. The van der Waals surface area contributed by atoms with Gasteiger partial charge in [0.25, 0.3) is 0 Å². The van der Waals surface area contributed by atoms with Gasteiger partial charge in [-0.25, -0.2) is 8.57 Å². The minimum Gasteiger partial charge on any atom is -0.255 e. The fourth-order valence-electron chi connectivity index (χ4n) is 1.48. The van der Waals surface area contributed by atoms with Crippen molar-refractivity contribution in [2.75, 3.05) is 13.3 Å². The first-order valence-corrected chi connectivity index (χ1v) is 6.51. The lowest BCUT2D eigenvalue weighted by Gasteiger charge is -2.06. The molecule has 78 valence electrons. The van der Waals surface area contributed by atoms with E-state index in [9.17, 15) is 4.21 Å². The standard InChI is InChI=1S/C11H12N2OS/c1-12-15(2,14)10-7-3-5-9-6-4-8-13-11(9)10/h3-8H,1-2H3/t15-/m0/s1. The summed E-state index contributed by atoms with van der Waals surface area (Å²) in [6.07, 6.45) is 3.34. The van der Waals surface area contributed by atoms with Crippen molar-refractivity contribution >= 4 is 20.6 Å². The Morgan fingerprint density at radius 2 is 2.00 bits per heavy atom. The highest BCUT2D eigenvalue weighted by Crippen LogP contribution is 2.21. The molecule has 0 saturated carbocycles. The lowest BCUT2D eigenvalue weighted by Crippen LogP contribution is -1.99. The quantitative estimate of drug-likeness (QED) is 0.740. The number of para-hydroxylation sites is 1. The SMILES string of the molecule is CN=[S@@](C)(=O)c1cccc2cccnc12. The summed E-state index contributed by atoms with van der Waals surface area (Å²) in [5.74, 6) is 0. The molecule has 0 aliphatic carbocycles. The van der Waals surface area contributed by atoms with Gasteiger partial charge in [0, 0.05) is 24.9 Å². The lowest BCUT2D eigenvalue weighted by atomic mass is 10.2. The van der Waals surface area contributed by atoms with Crippen LogP contribution in [-0.4, -0.2) is 22.5 Å². The van der Waals surface area contributed by atoms with Gasteiger partial charge in [-0.3, -0.25) is 4.98 Å². The highest BCUT2D eigenvalue weighted by molar-refractivity contribution is 7.93. The number of fused-ring (bicyclic) bond motifs is 1. The van der Waals surface area contributed by atoms with Gasteiger partial charge in [-0.1, -0.05) is 18.2 Å². The maximum atomic E-state index is 12.2. The van der Waals surface area contributed by atoms with Gasteiger partial charge in [-0.05, 0) is 12.1 Å². The maximum absolute atomic E-state index is 12.2. The Labute approximate surface area is 89.3 Å². The Bertz CT molecular complexity index is 608. The zero-order chi connectivity index (χ0) is 10.9. The summed E-state index contributed by atoms with van der Waals surface area (Å²) in [5, 5.41) is 0.994. The van der Waals surface area contributed by atoms with Gasteiger partial charge >= 0.3 is 0 Å². The molecule has 3 nitrogen and oxygen atoms in total. The highest BCUT2D eigenvalue weighted by atomic mass is 32.2. The fraction of sp³-hybridized carbons (Fsp3) is 0.182. The summed E-state index contributed by atoms with van der Waals surface area (Å²) in [6.45, 7) is 0. The van der Waals surface area contributed by atoms with Crippen molar-refractivity contribution in [3.63, 3.8) is 0 Å². The number of rotatable bonds is 1. The van der Waals surface area contributed by atoms with Crippen LogP contribution < -0.4 is 0 Å². The molecule has 1 aromatic carbocycles. The molecular weight excluding hydrogens is 208 g/mol. The summed E-state index contributed by atoms with van der Waals surface area (Å²) in [7, 11) is -0.739. The van der Waals surface area contributed by atoms with Gasteiger partial charge in [0.15, 0.2) is 0 Å². The number of pyridine rings is 1. The van der Waals surface area contributed by atoms with Crippen molar-refractivity contribution in [3.05, 3.63) is 36.5 Å². The molecule has 4 heteroatoms. The summed E-state index contributed by atoms with van der Waals surface area (Å²) in [6, 6.07) is 9.49. The number of hydrogen-bond acceptors (Lipinski definition) is 3. The molecule has 0 saturated heterocycles. The second-order valence-corrected chi connectivity index (χ2v) is 5.73. The molecule has 1 aromatic heterocycles. The van der Waals surface area contributed by atoms with Crippen LogP contribution in [0.25, 0.3) is 10.9 Å². The van der Waals surface area contributed by atoms with Crippen molar-refractivity contribution in [1.82, 2.24) is 4.98 Å². The number of nitrogens with zero attached hydrogens (tertiary/aromatic N) is 2. The smallest absolute Gasteiger partial charge is 0.0872 e. The molecule has 0 amide bonds. The molecule has 2 aromatic rings. The van der Waals surface area contributed by atoms with Crippen LogP contribution in [0.5, 0.6) is 0 Å². The summed E-state index contributed by atoms with van der Waals surface area (Å²) >= 11 is 0. The van der Waals surface area contributed by atoms with E-state index < -0.39 is 9.73 Å². The predicted molar refractivity (Wildman–Crippen MR) is 62.4 cm³/mol. The van der Waals surface area contributed by atoms with Crippen LogP contribution in [0.15, 0.2) is 45.8 Å². The van der Waals surface area contributed by atoms with Crippen LogP contribution in [0.2, 0.25) is 0 Å². The van der Waals surface area contributed by atoms with Crippen LogP contribution in [-0.2, 0) is 9.73 Å². The van der Waals surface area contributed by atoms with Crippen molar-refractivity contribution in [1.29, 1.82) is 0 Å². The second-order valence-electron chi connectivity index (χ2n) is 3.32. The van der Waals surface area contributed by atoms with Gasteiger partial charge in [0.1, 0.15) is 0 Å². The Kier molecular flexibility index (Phi) is 2.44. The third kappa shape index (κ3) is 1.72. The molecule has 0 spiro atoms. The third-order valence-corrected chi connectivity index (χ3v) is 4.19. The lowest BCUT2D eigenvalue weighted by molar-refractivity contribution is 0.680. The molecule has 0 N–H and O–H groups in total. The second kappa shape index (κ2) is 3.62. The molecule has 0 aliphatic rings. The summed E-state index contributed by atoms with van der Waals surface area (Å²) in [4.78, 5) is 4.97. The van der Waals surface area contributed by atoms with Crippen LogP contribution in [0.3, 0.4) is 0 Å². The Morgan fingerprint density at radius 3 is 2.73 bits per heavy atom. The van der Waals surface area contributed by atoms with Crippen molar-refractivity contribution in [3.8, 4) is 0 Å². The number of benzene rings is 1. The zero-order valence-electron chi connectivity index (χ0n) is 8.68. The molecule has 0 aliphatic heterocycles. The average molecular weight is 220 g/mol. The fourth-order valence-corrected chi connectivity index (χ4v) is 2.54. The first-order valence-electron chi connectivity index (χ1n) is 4.59. The van der Waals surface area contributed by atoms with Crippen LogP contribution in [0.4, 0.5) is 0 Å². The van der Waals surface area contributed by atoms with Gasteiger partial charge in [-0.15, -0.1) is 0 Å². The molecule has 2 rings (SSSR count). The Morgan fingerprint density at radius 1 is 1.27 bits per heavy atom. The maximum Gasteiger partial charge on any atom is 0.0872 e. The molecule has 0 unspecified atom stereocenters. The Hall–Kier alpha value is -1.42. The molecule has 0 radical (unpaired) electrons. The summed E-state index contributed by atoms with van der Waals surface area (Å²) < 4.78 is 16.1. The monoisotopic (exact) mass is 220 g/mol. The van der Waals surface area contributed by atoms with Gasteiger partial charge in [0.05, 0.1) is 20.1 Å². The van der Waals surface area contributed by atoms with E-state index in [0.717, 1.165) is 10.9 Å². The molecule has 1 heterocycles. The minimum absolute atomic E-state index is 0.711. The van der Waals surface area contributed by atoms with Crippen molar-refractivity contribution in [2.24, 2.45) is 4.36 Å². The van der Waals surface area contributed by atoms with E-state index in [1.165, 1.54) is 0 Å². The van der Waals surface area contributed by atoms with Gasteiger partial charge in [-0.2, -0.15) is 0 Å². The van der Waals surface area contributed by atoms with E-state index in [-0.39, 0.29) is 0 Å². The molecule has 0 bridgehead atoms. The average Bonchev–Trinajstić information content (AvgIpc) is 2.28. The van der Waals surface area contributed by atoms with E-state index in [1.54, 1.807) is 19.5 Å². The first kappa shape index (κ1) is 10.1. The number of hydrogen-bond donors (Lipinski definition) is 0. The highest BCUT2D eigenvalue weighted by Gasteiger charge is 2.09. The van der Waals surface area contributed by atoms with Crippen LogP contribution in [0, 0.1) is 0 Å². The molecular formula is C11H12N2OS. The van der Waals surface area contributed by atoms with E-state index in [1.807, 2.05) is 30.3 Å². The van der Waals surface area contributed by atoms with E-state index in [2.05, 4.69) is 9.35 Å². The topological polar surface area (TPSA) is 42.3 Å². The molecule has 0 fully saturated rings. The van der Waals surface area contributed by atoms with Crippen molar-refractivity contribution < 1.29 is 4.21 Å². The number of aromatic nitrogens is 1. The normalized spacial score (nSPS) is 14.8.